The maximum Gasteiger partial charge on any atom is 0.292 e. The lowest BCUT2D eigenvalue weighted by Gasteiger charge is -2.41. The molecule has 1 spiro atoms. The van der Waals surface area contributed by atoms with E-state index in [0.29, 0.717) is 5.92 Å². The smallest absolute Gasteiger partial charge is 0.292 e. The molecule has 0 amide bonds. The average Bonchev–Trinajstić information content (AvgIpc) is 3.18. The van der Waals surface area contributed by atoms with Gasteiger partial charge < -0.3 is 10.0 Å². The summed E-state index contributed by atoms with van der Waals surface area (Å²) in [5, 5.41) is 20.5. The van der Waals surface area contributed by atoms with Gasteiger partial charge in [0.1, 0.15) is 5.69 Å². The molecule has 2 fully saturated rings. The molecule has 1 atom stereocenters. The second-order valence-electron chi connectivity index (χ2n) is 5.66. The summed E-state index contributed by atoms with van der Waals surface area (Å²) in [6.45, 7) is 1.03. The number of hydrogen-bond donors (Lipinski definition) is 1. The molecule has 1 aliphatic heterocycles. The van der Waals surface area contributed by atoms with Crippen molar-refractivity contribution in [1.82, 2.24) is 0 Å². The zero-order valence-corrected chi connectivity index (χ0v) is 10.8. The van der Waals surface area contributed by atoms with Crippen LogP contribution in [0.4, 0.5) is 11.4 Å². The van der Waals surface area contributed by atoms with Crippen molar-refractivity contribution < 1.29 is 10.0 Å². The first-order chi connectivity index (χ1) is 9.16. The standard InChI is InChI=1S/C14H18N2O3/c17-10-11-5-8-15(14(9-11)6-7-14)12-3-1-2-4-13(12)16(18)19/h1-4,11,17H,5-10H2. The highest BCUT2D eigenvalue weighted by atomic mass is 16.6. The van der Waals surface area contributed by atoms with Gasteiger partial charge in [-0.15, -0.1) is 0 Å². The molecular formula is C14H18N2O3. The van der Waals surface area contributed by atoms with Crippen LogP contribution in [-0.4, -0.2) is 28.7 Å². The third-order valence-corrected chi connectivity index (χ3v) is 4.46. The molecule has 3 rings (SSSR count). The number of nitrogens with zero attached hydrogens (tertiary/aromatic N) is 2. The average molecular weight is 262 g/mol. The maximum atomic E-state index is 11.2. The molecule has 19 heavy (non-hydrogen) atoms. The van der Waals surface area contributed by atoms with Crippen LogP contribution in [0.25, 0.3) is 0 Å². The summed E-state index contributed by atoms with van der Waals surface area (Å²) < 4.78 is 0. The largest absolute Gasteiger partial charge is 0.396 e. The van der Waals surface area contributed by atoms with E-state index in [4.69, 9.17) is 0 Å². The van der Waals surface area contributed by atoms with E-state index in [1.54, 1.807) is 12.1 Å². The normalized spacial score (nSPS) is 24.5. The molecule has 102 valence electrons. The van der Waals surface area contributed by atoms with Crippen LogP contribution < -0.4 is 4.90 Å². The fraction of sp³-hybridized carbons (Fsp3) is 0.571. The molecule has 1 aromatic carbocycles. The zero-order valence-electron chi connectivity index (χ0n) is 10.8. The summed E-state index contributed by atoms with van der Waals surface area (Å²) in [5.74, 6) is 0.349. The minimum absolute atomic E-state index is 0.0672. The fourth-order valence-electron chi connectivity index (χ4n) is 3.30. The molecule has 0 radical (unpaired) electrons. The van der Waals surface area contributed by atoms with Gasteiger partial charge in [0.25, 0.3) is 5.69 Å². The zero-order chi connectivity index (χ0) is 13.5. The predicted molar refractivity (Wildman–Crippen MR) is 72.2 cm³/mol. The summed E-state index contributed by atoms with van der Waals surface area (Å²) in [6, 6.07) is 6.99. The lowest BCUT2D eigenvalue weighted by Crippen LogP contribution is -2.45. The molecule has 1 saturated heterocycles. The highest BCUT2D eigenvalue weighted by Crippen LogP contribution is 2.52. The molecule has 2 aliphatic rings. The summed E-state index contributed by atoms with van der Waals surface area (Å²) >= 11 is 0. The van der Waals surface area contributed by atoms with Gasteiger partial charge in [0.2, 0.25) is 0 Å². The van der Waals surface area contributed by atoms with Crippen molar-refractivity contribution in [3.8, 4) is 0 Å². The van der Waals surface area contributed by atoms with Gasteiger partial charge in [-0.05, 0) is 37.7 Å². The Bertz CT molecular complexity index is 499. The van der Waals surface area contributed by atoms with Crippen molar-refractivity contribution in [3.63, 3.8) is 0 Å². The van der Waals surface area contributed by atoms with E-state index in [1.807, 2.05) is 12.1 Å². The van der Waals surface area contributed by atoms with Gasteiger partial charge in [0.05, 0.1) is 4.92 Å². The van der Waals surface area contributed by atoms with Crippen molar-refractivity contribution in [2.45, 2.75) is 31.2 Å². The molecule has 1 heterocycles. The minimum Gasteiger partial charge on any atom is -0.396 e. The van der Waals surface area contributed by atoms with Gasteiger partial charge in [0, 0.05) is 24.8 Å². The summed E-state index contributed by atoms with van der Waals surface area (Å²) in [5.41, 5.74) is 0.996. The van der Waals surface area contributed by atoms with Gasteiger partial charge in [-0.3, -0.25) is 10.1 Å². The second-order valence-corrected chi connectivity index (χ2v) is 5.66. The quantitative estimate of drug-likeness (QED) is 0.670. The van der Waals surface area contributed by atoms with Crippen molar-refractivity contribution in [2.75, 3.05) is 18.1 Å². The van der Waals surface area contributed by atoms with Gasteiger partial charge in [-0.25, -0.2) is 0 Å². The lowest BCUT2D eigenvalue weighted by atomic mass is 9.89. The van der Waals surface area contributed by atoms with E-state index in [9.17, 15) is 15.2 Å². The van der Waals surface area contributed by atoms with Crippen LogP contribution >= 0.6 is 0 Å². The molecule has 1 aromatic rings. The van der Waals surface area contributed by atoms with E-state index in [2.05, 4.69) is 4.90 Å². The number of nitro groups is 1. The molecule has 1 N–H and O–H groups in total. The Balaban J connectivity index is 1.93. The highest BCUT2D eigenvalue weighted by Gasteiger charge is 2.52. The molecule has 5 heteroatoms. The van der Waals surface area contributed by atoms with Crippen LogP contribution in [0.15, 0.2) is 24.3 Å². The van der Waals surface area contributed by atoms with Crippen molar-refractivity contribution in [2.24, 2.45) is 5.92 Å². The monoisotopic (exact) mass is 262 g/mol. The number of rotatable bonds is 3. The number of hydrogen-bond acceptors (Lipinski definition) is 4. The third-order valence-electron chi connectivity index (χ3n) is 4.46. The van der Waals surface area contributed by atoms with Gasteiger partial charge in [-0.1, -0.05) is 12.1 Å². The number of para-hydroxylation sites is 2. The summed E-state index contributed by atoms with van der Waals surface area (Å²) in [7, 11) is 0. The predicted octanol–water partition coefficient (Wildman–Crippen LogP) is 2.34. The van der Waals surface area contributed by atoms with E-state index >= 15 is 0 Å². The van der Waals surface area contributed by atoms with Crippen LogP contribution in [0, 0.1) is 16.0 Å². The van der Waals surface area contributed by atoms with Crippen LogP contribution in [0.2, 0.25) is 0 Å². The molecular weight excluding hydrogens is 244 g/mol. The number of aliphatic hydroxyl groups excluding tert-OH is 1. The first kappa shape index (κ1) is 12.4. The maximum absolute atomic E-state index is 11.2. The number of anilines is 1. The Morgan fingerprint density at radius 3 is 2.79 bits per heavy atom. The third kappa shape index (κ3) is 2.08. The first-order valence-electron chi connectivity index (χ1n) is 6.78. The Hall–Kier alpha value is -1.62. The van der Waals surface area contributed by atoms with Crippen molar-refractivity contribution in [1.29, 1.82) is 0 Å². The van der Waals surface area contributed by atoms with Crippen molar-refractivity contribution >= 4 is 11.4 Å². The van der Waals surface area contributed by atoms with Gasteiger partial charge in [0.15, 0.2) is 0 Å². The minimum atomic E-state index is -0.302. The fourth-order valence-corrected chi connectivity index (χ4v) is 3.30. The number of benzene rings is 1. The molecule has 1 unspecified atom stereocenters. The molecule has 0 bridgehead atoms. The van der Waals surface area contributed by atoms with E-state index in [0.717, 1.165) is 37.9 Å². The Kier molecular flexibility index (Phi) is 2.93. The molecule has 1 aliphatic carbocycles. The van der Waals surface area contributed by atoms with Gasteiger partial charge >= 0.3 is 0 Å². The molecule has 0 aromatic heterocycles. The number of piperidine rings is 1. The Morgan fingerprint density at radius 2 is 2.16 bits per heavy atom. The van der Waals surface area contributed by atoms with Crippen LogP contribution in [0.1, 0.15) is 25.7 Å². The lowest BCUT2D eigenvalue weighted by molar-refractivity contribution is -0.384. The highest BCUT2D eigenvalue weighted by molar-refractivity contribution is 5.65. The first-order valence-corrected chi connectivity index (χ1v) is 6.78. The summed E-state index contributed by atoms with van der Waals surface area (Å²) in [6.07, 6.45) is 4.02. The Morgan fingerprint density at radius 1 is 1.42 bits per heavy atom. The van der Waals surface area contributed by atoms with Crippen molar-refractivity contribution in [3.05, 3.63) is 34.4 Å². The van der Waals surface area contributed by atoms with E-state index in [-0.39, 0.29) is 22.8 Å². The van der Waals surface area contributed by atoms with Crippen LogP contribution in [0.3, 0.4) is 0 Å². The van der Waals surface area contributed by atoms with E-state index < -0.39 is 0 Å². The second kappa shape index (κ2) is 4.49. The number of aliphatic hydroxyl groups is 1. The number of nitro benzene ring substituents is 1. The Labute approximate surface area is 112 Å². The van der Waals surface area contributed by atoms with Crippen LogP contribution in [0.5, 0.6) is 0 Å². The SMILES string of the molecule is O=[N+]([O-])c1ccccc1N1CCC(CO)CC12CC2. The topological polar surface area (TPSA) is 66.6 Å². The van der Waals surface area contributed by atoms with Gasteiger partial charge in [-0.2, -0.15) is 0 Å². The molecule has 5 nitrogen and oxygen atoms in total. The molecule has 1 saturated carbocycles. The van der Waals surface area contributed by atoms with Crippen LogP contribution in [-0.2, 0) is 0 Å². The van der Waals surface area contributed by atoms with E-state index in [1.165, 1.54) is 0 Å². The summed E-state index contributed by atoms with van der Waals surface area (Å²) in [4.78, 5) is 13.1.